The number of aryl methyl sites for hydroxylation is 1. The standard InChI is InChI=1S/C28H27F2NO5S/c1-18-13-21(7-10-26(18)36-16-27(32)33)37(34,35)31-17-28(11-3-2-4-12-28)22-14-19(6-9-25(22)31)20-5-8-23(29)24(30)15-20/h5-10,13-15H,2-4,11-12,16-17H2,1H3,(H,32,33)/p+1. The van der Waals surface area contributed by atoms with Crippen LogP contribution in [-0.4, -0.2) is 32.6 Å². The maximum Gasteiger partial charge on any atom is 0.399 e. The molecular formula is C28H28F2NO5S+. The maximum atomic E-state index is 14.0. The fourth-order valence-electron chi connectivity index (χ4n) is 5.57. The molecule has 2 N–H and O–H groups in total. The first-order valence-electron chi connectivity index (χ1n) is 12.2. The van der Waals surface area contributed by atoms with Crippen molar-refractivity contribution in [2.24, 2.45) is 0 Å². The predicted octanol–water partition coefficient (Wildman–Crippen LogP) is 5.97. The van der Waals surface area contributed by atoms with Crippen molar-refractivity contribution in [2.45, 2.75) is 49.3 Å². The van der Waals surface area contributed by atoms with E-state index >= 15 is 0 Å². The summed E-state index contributed by atoms with van der Waals surface area (Å²) in [5.41, 5.74) is 3.13. The molecule has 9 heteroatoms. The quantitative estimate of drug-likeness (QED) is 0.399. The van der Waals surface area contributed by atoms with Crippen LogP contribution in [-0.2, 0) is 20.2 Å². The lowest BCUT2D eigenvalue weighted by Crippen LogP contribution is -2.38. The summed E-state index contributed by atoms with van der Waals surface area (Å²) in [6.45, 7) is 1.57. The summed E-state index contributed by atoms with van der Waals surface area (Å²) >= 11 is 0. The normalized spacial score (nSPS) is 17.9. The molecule has 1 heterocycles. The van der Waals surface area contributed by atoms with Gasteiger partial charge in [-0.3, -0.25) is 0 Å². The van der Waals surface area contributed by atoms with Crippen molar-refractivity contribution >= 4 is 21.7 Å². The first-order chi connectivity index (χ1) is 17.6. The van der Waals surface area contributed by atoms with Gasteiger partial charge in [0.25, 0.3) is 0 Å². The van der Waals surface area contributed by atoms with Gasteiger partial charge in [0, 0.05) is 12.0 Å². The largest absolute Gasteiger partial charge is 0.482 e. The molecule has 194 valence electrons. The summed E-state index contributed by atoms with van der Waals surface area (Å²) < 4.78 is 59.8. The second kappa shape index (κ2) is 9.45. The lowest BCUT2D eigenvalue weighted by Gasteiger charge is -2.34. The van der Waals surface area contributed by atoms with Gasteiger partial charge in [-0.2, -0.15) is 4.21 Å². The summed E-state index contributed by atoms with van der Waals surface area (Å²) in [5, 5.41) is 8.87. The molecule has 1 saturated carbocycles. The molecule has 3 aromatic rings. The number of anilines is 1. The molecule has 0 aromatic heterocycles. The van der Waals surface area contributed by atoms with E-state index in [1.165, 1.54) is 24.3 Å². The second-order valence-electron chi connectivity index (χ2n) is 9.84. The SMILES string of the molecule is Cc1cc(S(=O)(=[OH+])N2CC3(CCCCC3)c3cc(-c4ccc(F)c(F)c4)ccc32)ccc1OCC(=O)O. The number of ether oxygens (including phenoxy) is 1. The molecule has 1 spiro atoms. The number of hydrogen-bond acceptors (Lipinski definition) is 3. The van der Waals surface area contributed by atoms with Gasteiger partial charge in [0.1, 0.15) is 10.6 Å². The number of fused-ring (bicyclic) bond motifs is 2. The van der Waals surface area contributed by atoms with E-state index in [2.05, 4.69) is 0 Å². The monoisotopic (exact) mass is 528 g/mol. The van der Waals surface area contributed by atoms with Crippen LogP contribution in [0.15, 0.2) is 59.5 Å². The maximum absolute atomic E-state index is 14.0. The zero-order chi connectivity index (χ0) is 26.4. The lowest BCUT2D eigenvalue weighted by atomic mass is 9.70. The highest BCUT2D eigenvalue weighted by Gasteiger charge is 2.49. The van der Waals surface area contributed by atoms with E-state index in [1.807, 2.05) is 6.07 Å². The van der Waals surface area contributed by atoms with Gasteiger partial charge >= 0.3 is 16.0 Å². The Bertz CT molecular complexity index is 1480. The van der Waals surface area contributed by atoms with Crippen LogP contribution in [0.25, 0.3) is 11.1 Å². The van der Waals surface area contributed by atoms with Crippen molar-refractivity contribution in [3.05, 3.63) is 77.4 Å². The summed E-state index contributed by atoms with van der Waals surface area (Å²) in [6, 6.07) is 13.9. The third-order valence-corrected chi connectivity index (χ3v) is 9.24. The van der Waals surface area contributed by atoms with E-state index in [9.17, 15) is 22.0 Å². The van der Waals surface area contributed by atoms with Crippen LogP contribution in [0.1, 0.15) is 43.2 Å². The minimum atomic E-state index is -3.69. The smallest absolute Gasteiger partial charge is 0.399 e. The number of rotatable bonds is 6. The van der Waals surface area contributed by atoms with E-state index in [0.717, 1.165) is 49.3 Å². The van der Waals surface area contributed by atoms with Gasteiger partial charge in [-0.1, -0.05) is 31.4 Å². The van der Waals surface area contributed by atoms with Crippen molar-refractivity contribution < 1.29 is 31.8 Å². The molecule has 0 radical (unpaired) electrons. The van der Waals surface area contributed by atoms with E-state index < -0.39 is 34.2 Å². The summed E-state index contributed by atoms with van der Waals surface area (Å²) in [5.74, 6) is -2.60. The van der Waals surface area contributed by atoms with Gasteiger partial charge in [-0.05, 0) is 84.5 Å². The molecule has 3 aromatic carbocycles. The van der Waals surface area contributed by atoms with E-state index in [1.54, 1.807) is 29.4 Å². The van der Waals surface area contributed by atoms with Crippen molar-refractivity contribution in [1.29, 1.82) is 0 Å². The number of nitrogens with zero attached hydrogens (tertiary/aromatic N) is 1. The molecule has 0 saturated heterocycles. The Morgan fingerprint density at radius 2 is 1.73 bits per heavy atom. The number of carbonyl (C=O) groups is 1. The Balaban J connectivity index is 1.55. The van der Waals surface area contributed by atoms with Crippen LogP contribution in [0.5, 0.6) is 5.75 Å². The van der Waals surface area contributed by atoms with Gasteiger partial charge in [0.2, 0.25) is 0 Å². The molecule has 1 atom stereocenters. The third-order valence-electron chi connectivity index (χ3n) is 7.45. The van der Waals surface area contributed by atoms with E-state index in [0.29, 0.717) is 29.1 Å². The van der Waals surface area contributed by atoms with Gasteiger partial charge in [0.05, 0.1) is 5.69 Å². The molecule has 2 aliphatic rings. The number of aliphatic carboxylic acids is 1. The zero-order valence-electron chi connectivity index (χ0n) is 20.4. The fraction of sp³-hybridized carbons (Fsp3) is 0.321. The fourth-order valence-corrected chi connectivity index (χ4v) is 7.25. The molecule has 5 rings (SSSR count). The van der Waals surface area contributed by atoms with E-state index in [-0.39, 0.29) is 10.3 Å². The molecule has 1 unspecified atom stereocenters. The molecule has 0 bridgehead atoms. The third kappa shape index (κ3) is 4.56. The molecule has 6 nitrogen and oxygen atoms in total. The van der Waals surface area contributed by atoms with Crippen molar-refractivity contribution in [3.63, 3.8) is 0 Å². The van der Waals surface area contributed by atoms with Crippen LogP contribution < -0.4 is 9.04 Å². The number of benzene rings is 3. The average Bonchev–Trinajstić information content (AvgIpc) is 3.19. The van der Waals surface area contributed by atoms with Gasteiger partial charge < -0.3 is 9.84 Å². The van der Waals surface area contributed by atoms with Crippen LogP contribution >= 0.6 is 0 Å². The number of carboxylic acid groups (broad SMARTS) is 1. The van der Waals surface area contributed by atoms with Crippen molar-refractivity contribution in [3.8, 4) is 16.9 Å². The Morgan fingerprint density at radius 1 is 1.03 bits per heavy atom. The molecule has 1 aliphatic carbocycles. The Morgan fingerprint density at radius 3 is 2.41 bits per heavy atom. The van der Waals surface area contributed by atoms with Crippen molar-refractivity contribution in [2.75, 3.05) is 17.5 Å². The van der Waals surface area contributed by atoms with Crippen molar-refractivity contribution in [1.82, 2.24) is 0 Å². The van der Waals surface area contributed by atoms with Gasteiger partial charge in [-0.15, -0.1) is 0 Å². The highest BCUT2D eigenvalue weighted by molar-refractivity contribution is 7.93. The lowest BCUT2D eigenvalue weighted by molar-refractivity contribution is -0.139. The number of carboxylic acids is 1. The first kappa shape index (κ1) is 25.2. The molecule has 1 fully saturated rings. The van der Waals surface area contributed by atoms with Crippen LogP contribution in [0, 0.1) is 18.6 Å². The number of halogens is 2. The molecule has 1 aliphatic heterocycles. The Hall–Kier alpha value is -3.46. The summed E-state index contributed by atoms with van der Waals surface area (Å²) in [7, 11) is -3.69. The molecule has 0 amide bonds. The predicted molar refractivity (Wildman–Crippen MR) is 137 cm³/mol. The summed E-state index contributed by atoms with van der Waals surface area (Å²) in [4.78, 5) is 11.0. The topological polar surface area (TPSA) is 88.2 Å². The summed E-state index contributed by atoms with van der Waals surface area (Å²) in [6.07, 6.45) is 4.85. The van der Waals surface area contributed by atoms with Crippen LogP contribution in [0.4, 0.5) is 14.5 Å². The highest BCUT2D eigenvalue weighted by atomic mass is 32.2. The van der Waals surface area contributed by atoms with Crippen LogP contribution in [0.3, 0.4) is 0 Å². The minimum Gasteiger partial charge on any atom is -0.482 e. The highest BCUT2D eigenvalue weighted by Crippen LogP contribution is 2.51. The average molecular weight is 529 g/mol. The Labute approximate surface area is 214 Å². The molecular weight excluding hydrogens is 500 g/mol. The Kier molecular flexibility index (Phi) is 6.43. The number of hydrogen-bond donors (Lipinski definition) is 1. The second-order valence-corrected chi connectivity index (χ2v) is 11.8. The molecule has 37 heavy (non-hydrogen) atoms. The first-order valence-corrected chi connectivity index (χ1v) is 13.7. The van der Waals surface area contributed by atoms with Gasteiger partial charge in [0.15, 0.2) is 18.2 Å². The van der Waals surface area contributed by atoms with E-state index in [4.69, 9.17) is 9.84 Å². The zero-order valence-corrected chi connectivity index (χ0v) is 21.2. The minimum absolute atomic E-state index is 0.205. The van der Waals surface area contributed by atoms with Crippen LogP contribution in [0.2, 0.25) is 0 Å². The van der Waals surface area contributed by atoms with Gasteiger partial charge in [-0.25, -0.2) is 22.1 Å².